The van der Waals surface area contributed by atoms with E-state index in [-0.39, 0.29) is 5.91 Å². The topological polar surface area (TPSA) is 56.0 Å². The number of primary amides is 1. The summed E-state index contributed by atoms with van der Waals surface area (Å²) in [5, 5.41) is 1.94. The lowest BCUT2D eigenvalue weighted by atomic mass is 9.87. The Labute approximate surface area is 75.6 Å². The minimum Gasteiger partial charge on any atom is -0.369 e. The fraction of sp³-hybridized carbons (Fsp3) is 0.500. The van der Waals surface area contributed by atoms with E-state index in [2.05, 4.69) is 4.98 Å². The van der Waals surface area contributed by atoms with E-state index < -0.39 is 5.41 Å². The average molecular weight is 184 g/mol. The third kappa shape index (κ3) is 2.04. The van der Waals surface area contributed by atoms with Crippen LogP contribution in [0.4, 0.5) is 0 Å². The lowest BCUT2D eigenvalue weighted by Gasteiger charge is -2.18. The third-order valence-corrected chi connectivity index (χ3v) is 2.41. The highest BCUT2D eigenvalue weighted by atomic mass is 32.1. The lowest BCUT2D eigenvalue weighted by Crippen LogP contribution is -2.33. The van der Waals surface area contributed by atoms with E-state index in [1.807, 2.05) is 19.2 Å². The fourth-order valence-electron chi connectivity index (χ4n) is 0.865. The highest BCUT2D eigenvalue weighted by Crippen LogP contribution is 2.20. The van der Waals surface area contributed by atoms with Gasteiger partial charge < -0.3 is 5.73 Å². The largest absolute Gasteiger partial charge is 0.369 e. The molecule has 1 aromatic heterocycles. The molecule has 0 aliphatic carbocycles. The third-order valence-electron chi connectivity index (χ3n) is 1.77. The van der Waals surface area contributed by atoms with Crippen LogP contribution in [0.25, 0.3) is 0 Å². The van der Waals surface area contributed by atoms with Crippen molar-refractivity contribution >= 4 is 17.2 Å². The molecule has 0 unspecified atom stereocenters. The van der Waals surface area contributed by atoms with Gasteiger partial charge in [-0.3, -0.25) is 4.79 Å². The summed E-state index contributed by atoms with van der Waals surface area (Å²) in [5.74, 6) is -0.282. The Kier molecular flexibility index (Phi) is 2.47. The highest BCUT2D eigenvalue weighted by molar-refractivity contribution is 7.07. The van der Waals surface area contributed by atoms with Crippen molar-refractivity contribution < 1.29 is 4.79 Å². The second kappa shape index (κ2) is 3.23. The molecule has 0 aromatic carbocycles. The van der Waals surface area contributed by atoms with Crippen LogP contribution < -0.4 is 5.73 Å². The number of carbonyl (C=O) groups excluding carboxylic acids is 1. The lowest BCUT2D eigenvalue weighted by molar-refractivity contribution is -0.125. The van der Waals surface area contributed by atoms with Gasteiger partial charge in [0.2, 0.25) is 5.91 Å². The molecular formula is C8H12N2OS. The van der Waals surface area contributed by atoms with E-state index in [4.69, 9.17) is 5.73 Å². The summed E-state index contributed by atoms with van der Waals surface area (Å²) in [7, 11) is 0. The van der Waals surface area contributed by atoms with Crippen LogP contribution in [0.3, 0.4) is 0 Å². The highest BCUT2D eigenvalue weighted by Gasteiger charge is 2.25. The van der Waals surface area contributed by atoms with Gasteiger partial charge in [0.05, 0.1) is 11.2 Å². The number of carbonyl (C=O) groups is 1. The SMILES string of the molecule is CC(C)(Cc1cscn1)C(N)=O. The van der Waals surface area contributed by atoms with Crippen LogP contribution in [0.15, 0.2) is 10.9 Å². The number of aromatic nitrogens is 1. The average Bonchev–Trinajstić information content (AvgIpc) is 2.38. The van der Waals surface area contributed by atoms with Crippen LogP contribution in [-0.4, -0.2) is 10.9 Å². The normalized spacial score (nSPS) is 11.5. The smallest absolute Gasteiger partial charge is 0.223 e. The Hall–Kier alpha value is -0.900. The number of nitrogens with zero attached hydrogens (tertiary/aromatic N) is 1. The zero-order valence-electron chi connectivity index (χ0n) is 7.20. The van der Waals surface area contributed by atoms with Crippen molar-refractivity contribution in [3.63, 3.8) is 0 Å². The van der Waals surface area contributed by atoms with Crippen molar-refractivity contribution in [2.24, 2.45) is 11.1 Å². The summed E-state index contributed by atoms with van der Waals surface area (Å²) in [6, 6.07) is 0. The molecule has 0 saturated carbocycles. The molecule has 0 fully saturated rings. The quantitative estimate of drug-likeness (QED) is 0.767. The Bertz CT molecular complexity index is 267. The fourth-order valence-corrected chi connectivity index (χ4v) is 1.42. The van der Waals surface area contributed by atoms with Gasteiger partial charge in [-0.15, -0.1) is 11.3 Å². The molecule has 4 heteroatoms. The van der Waals surface area contributed by atoms with Gasteiger partial charge in [0.15, 0.2) is 0 Å². The van der Waals surface area contributed by atoms with Gasteiger partial charge >= 0.3 is 0 Å². The first-order chi connectivity index (χ1) is 5.52. The van der Waals surface area contributed by atoms with Crippen LogP contribution in [0.2, 0.25) is 0 Å². The number of hydrogen-bond acceptors (Lipinski definition) is 3. The molecule has 0 atom stereocenters. The summed E-state index contributed by atoms with van der Waals surface area (Å²) in [4.78, 5) is 15.0. The van der Waals surface area contributed by atoms with Crippen molar-refractivity contribution in [2.75, 3.05) is 0 Å². The van der Waals surface area contributed by atoms with Crippen molar-refractivity contribution in [3.05, 3.63) is 16.6 Å². The molecule has 0 aliphatic rings. The summed E-state index contributed by atoms with van der Waals surface area (Å²) in [6.07, 6.45) is 0.617. The van der Waals surface area contributed by atoms with Gasteiger partial charge in [0.1, 0.15) is 0 Å². The van der Waals surface area contributed by atoms with Crippen LogP contribution in [0.5, 0.6) is 0 Å². The van der Waals surface area contributed by atoms with E-state index in [0.29, 0.717) is 6.42 Å². The van der Waals surface area contributed by atoms with Gasteiger partial charge in [-0.1, -0.05) is 13.8 Å². The summed E-state index contributed by atoms with van der Waals surface area (Å²) in [5.41, 5.74) is 7.42. The Morgan fingerprint density at radius 3 is 2.83 bits per heavy atom. The zero-order chi connectivity index (χ0) is 9.19. The minimum atomic E-state index is -0.492. The van der Waals surface area contributed by atoms with Gasteiger partial charge in [-0.05, 0) is 0 Å². The first-order valence-electron chi connectivity index (χ1n) is 3.69. The molecule has 0 spiro atoms. The molecule has 12 heavy (non-hydrogen) atoms. The predicted molar refractivity (Wildman–Crippen MR) is 48.8 cm³/mol. The van der Waals surface area contributed by atoms with Crippen LogP contribution >= 0.6 is 11.3 Å². The number of nitrogens with two attached hydrogens (primary N) is 1. The second-order valence-corrected chi connectivity index (χ2v) is 4.12. The molecule has 1 aromatic rings. The van der Waals surface area contributed by atoms with E-state index in [1.165, 1.54) is 11.3 Å². The molecule has 0 bridgehead atoms. The standard InChI is InChI=1S/C8H12N2OS/c1-8(2,7(9)11)3-6-4-12-5-10-6/h4-5H,3H2,1-2H3,(H2,9,11). The summed E-state index contributed by atoms with van der Waals surface area (Å²) >= 11 is 1.53. The van der Waals surface area contributed by atoms with Crippen molar-refractivity contribution in [1.29, 1.82) is 0 Å². The van der Waals surface area contributed by atoms with E-state index >= 15 is 0 Å². The Balaban J connectivity index is 2.69. The number of hydrogen-bond donors (Lipinski definition) is 1. The molecule has 2 N–H and O–H groups in total. The molecule has 0 aliphatic heterocycles. The van der Waals surface area contributed by atoms with Crippen LogP contribution in [-0.2, 0) is 11.2 Å². The zero-order valence-corrected chi connectivity index (χ0v) is 8.02. The van der Waals surface area contributed by atoms with Gasteiger partial charge in [-0.2, -0.15) is 0 Å². The molecule has 0 radical (unpaired) electrons. The van der Waals surface area contributed by atoms with Crippen LogP contribution in [0.1, 0.15) is 19.5 Å². The number of thiazole rings is 1. The molecule has 1 heterocycles. The van der Waals surface area contributed by atoms with Crippen molar-refractivity contribution in [2.45, 2.75) is 20.3 Å². The van der Waals surface area contributed by atoms with E-state index in [0.717, 1.165) is 5.69 Å². The molecule has 1 rings (SSSR count). The van der Waals surface area contributed by atoms with Gasteiger partial charge in [-0.25, -0.2) is 4.98 Å². The Morgan fingerprint density at radius 2 is 2.42 bits per heavy atom. The maximum atomic E-state index is 10.9. The first kappa shape index (κ1) is 9.19. The van der Waals surface area contributed by atoms with E-state index in [9.17, 15) is 4.79 Å². The van der Waals surface area contributed by atoms with Crippen molar-refractivity contribution in [3.8, 4) is 0 Å². The van der Waals surface area contributed by atoms with E-state index in [1.54, 1.807) is 5.51 Å². The Morgan fingerprint density at radius 1 is 1.75 bits per heavy atom. The molecule has 1 amide bonds. The minimum absolute atomic E-state index is 0.282. The molecule has 3 nitrogen and oxygen atoms in total. The number of amides is 1. The first-order valence-corrected chi connectivity index (χ1v) is 4.63. The summed E-state index contributed by atoms with van der Waals surface area (Å²) in [6.45, 7) is 3.66. The maximum absolute atomic E-state index is 10.9. The van der Waals surface area contributed by atoms with Crippen LogP contribution in [0, 0.1) is 5.41 Å². The van der Waals surface area contributed by atoms with Gasteiger partial charge in [0.25, 0.3) is 0 Å². The molecule has 66 valence electrons. The summed E-state index contributed by atoms with van der Waals surface area (Å²) < 4.78 is 0. The monoisotopic (exact) mass is 184 g/mol. The predicted octanol–water partition coefficient (Wildman–Crippen LogP) is 1.20. The number of rotatable bonds is 3. The molecule has 0 saturated heterocycles. The molecular weight excluding hydrogens is 172 g/mol. The van der Waals surface area contributed by atoms with Gasteiger partial charge in [0, 0.05) is 17.2 Å². The van der Waals surface area contributed by atoms with Crippen molar-refractivity contribution in [1.82, 2.24) is 4.98 Å². The maximum Gasteiger partial charge on any atom is 0.223 e. The second-order valence-electron chi connectivity index (χ2n) is 3.40.